The molecule has 1 unspecified atom stereocenters. The average molecular weight is 499 g/mol. The number of hydrogen-bond acceptors (Lipinski definition) is 5. The van der Waals surface area contributed by atoms with E-state index in [9.17, 15) is 9.90 Å². The number of carboxylic acid groups (broad SMARTS) is 1. The summed E-state index contributed by atoms with van der Waals surface area (Å²) in [5.41, 5.74) is 5.70. The Balaban J connectivity index is 1.42. The van der Waals surface area contributed by atoms with Crippen molar-refractivity contribution in [3.8, 4) is 22.8 Å². The first-order chi connectivity index (χ1) is 17.8. The topological polar surface area (TPSA) is 81.5 Å². The molecule has 0 aliphatic heterocycles. The molecule has 1 aromatic heterocycles. The molecule has 1 saturated carbocycles. The van der Waals surface area contributed by atoms with E-state index < -0.39 is 5.97 Å². The van der Waals surface area contributed by atoms with Gasteiger partial charge in [-0.2, -0.15) is 0 Å². The summed E-state index contributed by atoms with van der Waals surface area (Å²) in [6.07, 6.45) is 8.49. The predicted molar refractivity (Wildman–Crippen MR) is 144 cm³/mol. The number of aromatic nitrogens is 2. The molecule has 192 valence electrons. The van der Waals surface area contributed by atoms with Gasteiger partial charge in [0.2, 0.25) is 0 Å². The van der Waals surface area contributed by atoms with Gasteiger partial charge in [-0.25, -0.2) is 4.98 Å². The fourth-order valence-electron chi connectivity index (χ4n) is 5.31. The molecule has 2 aromatic carbocycles. The van der Waals surface area contributed by atoms with Gasteiger partial charge in [-0.1, -0.05) is 44.2 Å². The van der Waals surface area contributed by atoms with E-state index >= 15 is 0 Å². The lowest BCUT2D eigenvalue weighted by atomic mass is 9.83. The molecule has 6 nitrogen and oxygen atoms in total. The Bertz CT molecular complexity index is 1330. The minimum absolute atomic E-state index is 0.0120. The van der Waals surface area contributed by atoms with Crippen molar-refractivity contribution >= 4 is 11.5 Å². The fourth-order valence-corrected chi connectivity index (χ4v) is 5.31. The molecule has 6 heteroatoms. The third-order valence-corrected chi connectivity index (χ3v) is 7.53. The van der Waals surface area contributed by atoms with E-state index in [1.165, 1.54) is 5.57 Å². The Labute approximate surface area is 218 Å². The monoisotopic (exact) mass is 498 g/mol. The van der Waals surface area contributed by atoms with E-state index in [-0.39, 0.29) is 24.4 Å². The van der Waals surface area contributed by atoms with Crippen LogP contribution in [-0.4, -0.2) is 28.2 Å². The van der Waals surface area contributed by atoms with Gasteiger partial charge in [-0.3, -0.25) is 9.78 Å². The Hall–Kier alpha value is -3.67. The average Bonchev–Trinajstić information content (AvgIpc) is 3.68. The molecule has 0 saturated heterocycles. The van der Waals surface area contributed by atoms with Crippen LogP contribution in [0.15, 0.2) is 60.8 Å². The van der Waals surface area contributed by atoms with Crippen LogP contribution >= 0.6 is 0 Å². The predicted octanol–water partition coefficient (Wildman–Crippen LogP) is 6.90. The first kappa shape index (κ1) is 25.0. The molecule has 5 rings (SSSR count). The largest absolute Gasteiger partial charge is 0.497 e. The van der Waals surface area contributed by atoms with Gasteiger partial charge in [0.1, 0.15) is 18.1 Å². The van der Waals surface area contributed by atoms with Crippen molar-refractivity contribution in [2.75, 3.05) is 7.11 Å². The van der Waals surface area contributed by atoms with E-state index in [0.717, 1.165) is 59.6 Å². The zero-order valence-electron chi connectivity index (χ0n) is 21.7. The maximum absolute atomic E-state index is 11.4. The van der Waals surface area contributed by atoms with Gasteiger partial charge in [0.25, 0.3) is 0 Å². The Kier molecular flexibility index (Phi) is 7.00. The lowest BCUT2D eigenvalue weighted by molar-refractivity contribution is -0.137. The number of allylic oxidation sites excluding steroid dienone is 2. The van der Waals surface area contributed by atoms with Gasteiger partial charge in [-0.05, 0) is 78.3 Å². The molecule has 2 aliphatic carbocycles. The summed E-state index contributed by atoms with van der Waals surface area (Å²) in [4.78, 5) is 21.3. The molecule has 0 spiro atoms. The van der Waals surface area contributed by atoms with E-state index in [2.05, 4.69) is 19.9 Å². The van der Waals surface area contributed by atoms with Gasteiger partial charge in [0.15, 0.2) is 0 Å². The van der Waals surface area contributed by atoms with Crippen LogP contribution in [0.1, 0.15) is 68.8 Å². The van der Waals surface area contributed by atoms with Gasteiger partial charge in [0.05, 0.1) is 36.8 Å². The summed E-state index contributed by atoms with van der Waals surface area (Å²) >= 11 is 0. The highest BCUT2D eigenvalue weighted by molar-refractivity contribution is 5.80. The summed E-state index contributed by atoms with van der Waals surface area (Å²) in [6, 6.07) is 15.8. The normalized spacial score (nSPS) is 17.2. The van der Waals surface area contributed by atoms with Crippen molar-refractivity contribution in [1.29, 1.82) is 0 Å². The van der Waals surface area contributed by atoms with Crippen LogP contribution in [0.5, 0.6) is 11.5 Å². The minimum atomic E-state index is -0.758. The lowest BCUT2D eigenvalue weighted by Gasteiger charge is -2.24. The molecular formula is C31H34N2O4. The SMILES string of the molecule is COc1cccc(-c2ncc(COc3cccc(C(CC(=O)O)C4CC4)c3)nc2C2=CCCC2(C)C)c1. The summed E-state index contributed by atoms with van der Waals surface area (Å²) in [7, 11) is 1.66. The van der Waals surface area contributed by atoms with Crippen LogP contribution in [0.4, 0.5) is 0 Å². The molecule has 0 radical (unpaired) electrons. The Morgan fingerprint density at radius 3 is 2.59 bits per heavy atom. The fraction of sp³-hybridized carbons (Fsp3) is 0.387. The molecule has 1 fully saturated rings. The van der Waals surface area contributed by atoms with Crippen LogP contribution < -0.4 is 9.47 Å². The number of methoxy groups -OCH3 is 1. The van der Waals surface area contributed by atoms with E-state index in [0.29, 0.717) is 11.7 Å². The van der Waals surface area contributed by atoms with Crippen LogP contribution in [0.3, 0.4) is 0 Å². The molecule has 0 amide bonds. The number of hydrogen-bond donors (Lipinski definition) is 1. The number of carboxylic acids is 1. The van der Waals surface area contributed by atoms with Crippen molar-refractivity contribution in [3.63, 3.8) is 0 Å². The summed E-state index contributed by atoms with van der Waals surface area (Å²) in [5.74, 6) is 1.23. The number of nitrogens with zero attached hydrogens (tertiary/aromatic N) is 2. The molecule has 3 aromatic rings. The maximum atomic E-state index is 11.4. The van der Waals surface area contributed by atoms with Crippen molar-refractivity contribution in [3.05, 3.63) is 77.8 Å². The second-order valence-electron chi connectivity index (χ2n) is 10.7. The highest BCUT2D eigenvalue weighted by Gasteiger charge is 2.34. The maximum Gasteiger partial charge on any atom is 0.303 e. The minimum Gasteiger partial charge on any atom is -0.497 e. The zero-order chi connectivity index (χ0) is 26.0. The molecule has 1 N–H and O–H groups in total. The van der Waals surface area contributed by atoms with E-state index in [1.807, 2.05) is 48.5 Å². The highest BCUT2D eigenvalue weighted by Crippen LogP contribution is 2.46. The molecule has 2 aliphatic rings. The summed E-state index contributed by atoms with van der Waals surface area (Å²) in [6.45, 7) is 4.79. The van der Waals surface area contributed by atoms with Crippen molar-refractivity contribution in [1.82, 2.24) is 9.97 Å². The second kappa shape index (κ2) is 10.4. The summed E-state index contributed by atoms with van der Waals surface area (Å²) < 4.78 is 11.6. The van der Waals surface area contributed by atoms with E-state index in [1.54, 1.807) is 13.3 Å². The Morgan fingerprint density at radius 2 is 1.89 bits per heavy atom. The third-order valence-electron chi connectivity index (χ3n) is 7.53. The first-order valence-corrected chi connectivity index (χ1v) is 13.0. The number of rotatable bonds is 10. The van der Waals surface area contributed by atoms with Crippen LogP contribution in [0.25, 0.3) is 16.8 Å². The van der Waals surface area contributed by atoms with Crippen LogP contribution in [0, 0.1) is 11.3 Å². The third kappa shape index (κ3) is 5.68. The van der Waals surface area contributed by atoms with Crippen molar-refractivity contribution in [2.45, 2.75) is 58.5 Å². The molecule has 37 heavy (non-hydrogen) atoms. The smallest absolute Gasteiger partial charge is 0.303 e. The van der Waals surface area contributed by atoms with Gasteiger partial charge in [-0.15, -0.1) is 0 Å². The lowest BCUT2D eigenvalue weighted by Crippen LogP contribution is -2.13. The number of aliphatic carboxylic acids is 1. The molecule has 0 bridgehead atoms. The van der Waals surface area contributed by atoms with Crippen molar-refractivity contribution < 1.29 is 19.4 Å². The Morgan fingerprint density at radius 1 is 1.11 bits per heavy atom. The highest BCUT2D eigenvalue weighted by atomic mass is 16.5. The summed E-state index contributed by atoms with van der Waals surface area (Å²) in [5, 5.41) is 9.37. The number of benzene rings is 2. The number of ether oxygens (including phenoxy) is 2. The quantitative estimate of drug-likeness (QED) is 0.327. The standard InChI is InChI=1S/C31H34N2O4/c1-31(2)14-6-11-27(31)30-29(22-8-5-9-24(16-22)36-3)32-18-23(33-30)19-37-25-10-4-7-21(15-25)26(17-28(34)35)20-12-13-20/h4-5,7-11,15-16,18,20,26H,6,12-14,17,19H2,1-3H3,(H,34,35). The van der Waals surface area contributed by atoms with Crippen molar-refractivity contribution in [2.24, 2.45) is 11.3 Å². The number of carbonyl (C=O) groups is 1. The van der Waals surface area contributed by atoms with Crippen LogP contribution in [0.2, 0.25) is 0 Å². The van der Waals surface area contributed by atoms with E-state index in [4.69, 9.17) is 19.4 Å². The molecule has 1 heterocycles. The zero-order valence-corrected chi connectivity index (χ0v) is 21.7. The molecule has 1 atom stereocenters. The second-order valence-corrected chi connectivity index (χ2v) is 10.7. The van der Waals surface area contributed by atoms with Gasteiger partial charge in [0, 0.05) is 5.56 Å². The van der Waals surface area contributed by atoms with Crippen LogP contribution in [-0.2, 0) is 11.4 Å². The van der Waals surface area contributed by atoms with Gasteiger partial charge >= 0.3 is 5.97 Å². The first-order valence-electron chi connectivity index (χ1n) is 13.0. The molecular weight excluding hydrogens is 464 g/mol. The van der Waals surface area contributed by atoms with Gasteiger partial charge < -0.3 is 14.6 Å².